The average molecular weight is 932 g/mol. The Morgan fingerprint density at radius 1 is 0.342 bits per heavy atom. The number of ether oxygens (including phenoxy) is 1. The van der Waals surface area contributed by atoms with Crippen molar-refractivity contribution in [3.8, 4) is 45.4 Å². The highest BCUT2D eigenvalue weighted by atomic mass is 16.5. The van der Waals surface area contributed by atoms with E-state index in [0.29, 0.717) is 0 Å². The first kappa shape index (κ1) is 41.3. The second-order valence-corrected chi connectivity index (χ2v) is 19.3. The van der Waals surface area contributed by atoms with Crippen LogP contribution in [0.5, 0.6) is 11.5 Å². The average Bonchev–Trinajstić information content (AvgIpc) is 4.17. The first-order valence-electron chi connectivity index (χ1n) is 25.1. The van der Waals surface area contributed by atoms with E-state index >= 15 is 0 Å². The lowest BCUT2D eigenvalue weighted by atomic mass is 9.62. The molecule has 0 amide bonds. The van der Waals surface area contributed by atoms with Crippen molar-refractivity contribution in [2.24, 2.45) is 0 Å². The summed E-state index contributed by atoms with van der Waals surface area (Å²) in [6.45, 7) is 0. The SMILES string of the molecule is c1ccc(-n2c(-n3c4ccccc4c4cc(-c5ccc6c(c5)C(c5ccccc5)(c5ccccc5)c5ccc7c(c5-6)Oc5ccccc5C7(c5ccccc5)c5ccccc5)ccc43)nc3ccccc32)cc1. The Labute approximate surface area is 423 Å². The van der Waals surface area contributed by atoms with Gasteiger partial charge >= 0.3 is 0 Å². The van der Waals surface area contributed by atoms with E-state index in [4.69, 9.17) is 9.72 Å². The van der Waals surface area contributed by atoms with Gasteiger partial charge in [-0.05, 0) is 105 Å². The van der Waals surface area contributed by atoms with Crippen LogP contribution in [0.3, 0.4) is 0 Å². The number of hydrogen-bond acceptors (Lipinski definition) is 2. The third kappa shape index (κ3) is 5.80. The molecule has 2 aromatic heterocycles. The number of nitrogens with zero attached hydrogens (tertiary/aromatic N) is 3. The van der Waals surface area contributed by atoms with Crippen LogP contribution < -0.4 is 4.74 Å². The Balaban J connectivity index is 0.995. The quantitative estimate of drug-likeness (QED) is 0.159. The largest absolute Gasteiger partial charge is 0.456 e. The number of rotatable bonds is 7. The standard InChI is InChI=1S/C69H45N3O/c1-6-22-48(23-7-1)68(49-24-8-2-9-25-49)56-33-17-21-37-64(56)73-66-58(68)42-41-57-65(66)54-40-38-47(45-59(54)69(57,50-26-10-3-11-27-50)51-28-12-4-13-29-51)46-39-43-62-55(44-46)53-32-16-19-35-61(53)72(62)67-70-60-34-18-20-36-63(60)71(67)52-30-14-5-15-31-52/h1-45H. The van der Waals surface area contributed by atoms with Gasteiger partial charge in [0.2, 0.25) is 5.95 Å². The number of aromatic nitrogens is 3. The van der Waals surface area contributed by atoms with Gasteiger partial charge in [-0.1, -0.05) is 218 Å². The van der Waals surface area contributed by atoms with E-state index in [1.54, 1.807) is 0 Å². The molecule has 4 nitrogen and oxygen atoms in total. The molecule has 0 N–H and O–H groups in total. The molecule has 0 fully saturated rings. The van der Waals surface area contributed by atoms with Crippen molar-refractivity contribution < 1.29 is 4.74 Å². The summed E-state index contributed by atoms with van der Waals surface area (Å²) < 4.78 is 12.0. The molecule has 0 spiro atoms. The predicted molar refractivity (Wildman–Crippen MR) is 297 cm³/mol. The maximum Gasteiger partial charge on any atom is 0.220 e. The summed E-state index contributed by atoms with van der Waals surface area (Å²) in [6, 6.07) is 99.4. The van der Waals surface area contributed by atoms with Gasteiger partial charge in [0, 0.05) is 33.2 Å². The van der Waals surface area contributed by atoms with Gasteiger partial charge in [0.05, 0.1) is 32.9 Å². The van der Waals surface area contributed by atoms with Gasteiger partial charge in [-0.3, -0.25) is 9.13 Å². The number of fused-ring (bicyclic) bond motifs is 10. The molecule has 0 radical (unpaired) electrons. The molecule has 0 atom stereocenters. The molecule has 1 aliphatic carbocycles. The fraction of sp³-hybridized carbons (Fsp3) is 0.0290. The van der Waals surface area contributed by atoms with E-state index in [-0.39, 0.29) is 0 Å². The van der Waals surface area contributed by atoms with Gasteiger partial charge in [0.1, 0.15) is 11.5 Å². The van der Waals surface area contributed by atoms with Crippen LogP contribution in [0.25, 0.3) is 66.7 Å². The minimum Gasteiger partial charge on any atom is -0.456 e. The predicted octanol–water partition coefficient (Wildman–Crippen LogP) is 16.6. The zero-order chi connectivity index (χ0) is 48.1. The minimum atomic E-state index is -0.683. The maximum absolute atomic E-state index is 7.43. The third-order valence-corrected chi connectivity index (χ3v) is 15.8. The molecule has 0 bridgehead atoms. The summed E-state index contributed by atoms with van der Waals surface area (Å²) in [6.07, 6.45) is 0. The topological polar surface area (TPSA) is 32.0 Å². The first-order chi connectivity index (χ1) is 36.2. The van der Waals surface area contributed by atoms with Crippen molar-refractivity contribution in [2.45, 2.75) is 10.8 Å². The van der Waals surface area contributed by atoms with Crippen LogP contribution in [0.1, 0.15) is 44.5 Å². The van der Waals surface area contributed by atoms with Crippen molar-refractivity contribution >= 4 is 32.8 Å². The zero-order valence-electron chi connectivity index (χ0n) is 39.7. The molecule has 2 aliphatic rings. The summed E-state index contributed by atoms with van der Waals surface area (Å²) in [5.74, 6) is 2.61. The molecular weight excluding hydrogens is 887 g/mol. The van der Waals surface area contributed by atoms with Gasteiger partial charge in [0.15, 0.2) is 0 Å². The lowest BCUT2D eigenvalue weighted by molar-refractivity contribution is 0.435. The van der Waals surface area contributed by atoms with Crippen molar-refractivity contribution in [2.75, 3.05) is 0 Å². The molecule has 13 aromatic rings. The lowest BCUT2D eigenvalue weighted by Crippen LogP contribution is -2.34. The number of hydrogen-bond donors (Lipinski definition) is 0. The Bertz CT molecular complexity index is 4190. The fourth-order valence-corrected chi connectivity index (χ4v) is 12.8. The van der Waals surface area contributed by atoms with E-state index in [9.17, 15) is 0 Å². The molecule has 1 aliphatic heterocycles. The van der Waals surface area contributed by atoms with Gasteiger partial charge in [-0.15, -0.1) is 0 Å². The van der Waals surface area contributed by atoms with Crippen molar-refractivity contribution in [1.29, 1.82) is 0 Å². The normalized spacial score (nSPS) is 13.8. The first-order valence-corrected chi connectivity index (χ1v) is 25.1. The van der Waals surface area contributed by atoms with Crippen LogP contribution in [0.15, 0.2) is 273 Å². The van der Waals surface area contributed by atoms with Crippen LogP contribution >= 0.6 is 0 Å². The number of imidazole rings is 1. The summed E-state index contributed by atoms with van der Waals surface area (Å²) in [5.41, 5.74) is 17.9. The Morgan fingerprint density at radius 2 is 0.849 bits per heavy atom. The van der Waals surface area contributed by atoms with E-state index in [1.165, 1.54) is 44.2 Å². The smallest absolute Gasteiger partial charge is 0.220 e. The van der Waals surface area contributed by atoms with Gasteiger partial charge < -0.3 is 4.74 Å². The minimum absolute atomic E-state index is 0.661. The fourth-order valence-electron chi connectivity index (χ4n) is 12.8. The monoisotopic (exact) mass is 931 g/mol. The molecule has 73 heavy (non-hydrogen) atoms. The summed E-state index contributed by atoms with van der Waals surface area (Å²) in [7, 11) is 0. The summed E-state index contributed by atoms with van der Waals surface area (Å²) in [4.78, 5) is 5.35. The maximum atomic E-state index is 7.43. The second-order valence-electron chi connectivity index (χ2n) is 19.3. The highest BCUT2D eigenvalue weighted by Gasteiger charge is 2.52. The molecule has 4 heteroatoms. The Hall–Kier alpha value is -9.51. The number of benzene rings is 11. The molecule has 0 saturated carbocycles. The van der Waals surface area contributed by atoms with Crippen LogP contribution in [0.4, 0.5) is 0 Å². The molecule has 0 saturated heterocycles. The molecule has 3 heterocycles. The second kappa shape index (κ2) is 16.0. The lowest BCUT2D eigenvalue weighted by Gasteiger charge is -2.42. The third-order valence-electron chi connectivity index (χ3n) is 15.8. The van der Waals surface area contributed by atoms with E-state index in [1.807, 2.05) is 0 Å². The highest BCUT2D eigenvalue weighted by Crippen LogP contribution is 2.64. The van der Waals surface area contributed by atoms with Gasteiger partial charge in [0.25, 0.3) is 0 Å². The molecule has 11 aromatic carbocycles. The van der Waals surface area contributed by atoms with E-state index in [2.05, 4.69) is 282 Å². The Kier molecular flexibility index (Phi) is 9.05. The molecular formula is C69H45N3O. The van der Waals surface area contributed by atoms with Crippen molar-refractivity contribution in [1.82, 2.24) is 14.1 Å². The van der Waals surface area contributed by atoms with Gasteiger partial charge in [-0.25, -0.2) is 4.98 Å². The van der Waals surface area contributed by atoms with Crippen molar-refractivity contribution in [3.63, 3.8) is 0 Å². The van der Waals surface area contributed by atoms with Gasteiger partial charge in [-0.2, -0.15) is 0 Å². The van der Waals surface area contributed by atoms with Crippen LogP contribution in [0.2, 0.25) is 0 Å². The molecule has 0 unspecified atom stereocenters. The van der Waals surface area contributed by atoms with Crippen LogP contribution in [-0.4, -0.2) is 14.1 Å². The Morgan fingerprint density at radius 3 is 1.52 bits per heavy atom. The van der Waals surface area contributed by atoms with Crippen molar-refractivity contribution in [3.05, 3.63) is 317 Å². The van der Waals surface area contributed by atoms with E-state index < -0.39 is 10.8 Å². The zero-order valence-corrected chi connectivity index (χ0v) is 39.7. The van der Waals surface area contributed by atoms with E-state index in [0.717, 1.165) is 78.6 Å². The molecule has 342 valence electrons. The molecule has 15 rings (SSSR count). The number of para-hydroxylation sites is 5. The summed E-state index contributed by atoms with van der Waals surface area (Å²) >= 11 is 0. The summed E-state index contributed by atoms with van der Waals surface area (Å²) in [5, 5.41) is 2.34. The van der Waals surface area contributed by atoms with Crippen LogP contribution in [0, 0.1) is 0 Å². The highest BCUT2D eigenvalue weighted by molar-refractivity contribution is 6.10. The van der Waals surface area contributed by atoms with Crippen LogP contribution in [-0.2, 0) is 10.8 Å².